The number of halogens is 2. The molecule has 0 aliphatic heterocycles. The van der Waals surface area contributed by atoms with Crippen LogP contribution in [0.4, 0.5) is 10.1 Å². The van der Waals surface area contributed by atoms with Crippen molar-refractivity contribution in [3.8, 4) is 0 Å². The average molecular weight is 312 g/mol. The van der Waals surface area contributed by atoms with Crippen molar-refractivity contribution in [2.24, 2.45) is 0 Å². The number of rotatable bonds is 2. The number of carbonyl (C=O) groups is 1. The van der Waals surface area contributed by atoms with E-state index in [1.807, 2.05) is 0 Å². The van der Waals surface area contributed by atoms with E-state index < -0.39 is 5.82 Å². The van der Waals surface area contributed by atoms with Crippen LogP contribution in [0.25, 0.3) is 0 Å². The summed E-state index contributed by atoms with van der Waals surface area (Å²) in [6, 6.07) is 6.07. The van der Waals surface area contributed by atoms with Gasteiger partial charge in [0.15, 0.2) is 0 Å². The molecule has 3 nitrogen and oxygen atoms in total. The molecule has 0 saturated heterocycles. The largest absolute Gasteiger partial charge is 0.466 e. The van der Waals surface area contributed by atoms with Crippen molar-refractivity contribution in [1.29, 1.82) is 0 Å². The van der Waals surface area contributed by atoms with Gasteiger partial charge in [-0.1, -0.05) is 0 Å². The van der Waals surface area contributed by atoms with E-state index >= 15 is 0 Å². The molecule has 0 aliphatic carbocycles. The van der Waals surface area contributed by atoms with E-state index in [-0.39, 0.29) is 5.91 Å². The van der Waals surface area contributed by atoms with E-state index in [0.717, 1.165) is 0 Å². The van der Waals surface area contributed by atoms with Gasteiger partial charge in [0.25, 0.3) is 5.91 Å². The van der Waals surface area contributed by atoms with Crippen molar-refractivity contribution < 1.29 is 13.6 Å². The second-order valence-corrected chi connectivity index (χ2v) is 4.76. The molecule has 1 heterocycles. The highest BCUT2D eigenvalue weighted by atomic mass is 79.9. The first kappa shape index (κ1) is 12.8. The van der Waals surface area contributed by atoms with Crippen LogP contribution in [0.1, 0.15) is 21.9 Å². The topological polar surface area (TPSA) is 42.2 Å². The van der Waals surface area contributed by atoms with Gasteiger partial charge in [-0.15, -0.1) is 0 Å². The second-order valence-electron chi connectivity index (χ2n) is 3.91. The van der Waals surface area contributed by atoms with Gasteiger partial charge in [0.1, 0.15) is 17.3 Å². The summed E-state index contributed by atoms with van der Waals surface area (Å²) in [4.78, 5) is 11.9. The van der Waals surface area contributed by atoms with Crippen molar-refractivity contribution in [3.63, 3.8) is 0 Å². The Labute approximate surface area is 112 Å². The molecule has 2 aromatic rings. The molecular weight excluding hydrogens is 301 g/mol. The molecule has 94 valence electrons. The number of amides is 1. The van der Waals surface area contributed by atoms with Gasteiger partial charge in [0, 0.05) is 5.69 Å². The SMILES string of the molecule is Cc1cc(C(=O)Nc2ccc(Br)c(F)c2)c(C)o1. The average Bonchev–Trinajstić information content (AvgIpc) is 2.63. The van der Waals surface area contributed by atoms with E-state index in [2.05, 4.69) is 21.2 Å². The molecule has 18 heavy (non-hydrogen) atoms. The van der Waals surface area contributed by atoms with Gasteiger partial charge in [-0.2, -0.15) is 0 Å². The van der Waals surface area contributed by atoms with Crippen molar-refractivity contribution in [3.05, 3.63) is 51.6 Å². The van der Waals surface area contributed by atoms with Crippen molar-refractivity contribution in [1.82, 2.24) is 0 Å². The van der Waals surface area contributed by atoms with Crippen LogP contribution in [-0.4, -0.2) is 5.91 Å². The lowest BCUT2D eigenvalue weighted by molar-refractivity contribution is 0.102. The van der Waals surface area contributed by atoms with Crippen LogP contribution in [0.3, 0.4) is 0 Å². The molecule has 0 atom stereocenters. The van der Waals surface area contributed by atoms with Gasteiger partial charge in [-0.3, -0.25) is 4.79 Å². The first-order chi connectivity index (χ1) is 8.47. The van der Waals surface area contributed by atoms with Gasteiger partial charge in [0.2, 0.25) is 0 Å². The first-order valence-electron chi connectivity index (χ1n) is 5.31. The van der Waals surface area contributed by atoms with Crippen LogP contribution in [0.15, 0.2) is 33.2 Å². The molecule has 0 unspecified atom stereocenters. The molecule has 0 spiro atoms. The zero-order chi connectivity index (χ0) is 13.3. The van der Waals surface area contributed by atoms with Gasteiger partial charge >= 0.3 is 0 Å². The molecule has 0 aliphatic rings. The molecule has 0 saturated carbocycles. The molecule has 0 radical (unpaired) electrons. The molecule has 1 aromatic carbocycles. The van der Waals surface area contributed by atoms with E-state index in [1.165, 1.54) is 6.07 Å². The number of carbonyl (C=O) groups excluding carboxylic acids is 1. The lowest BCUT2D eigenvalue weighted by atomic mass is 10.2. The summed E-state index contributed by atoms with van der Waals surface area (Å²) in [5, 5.41) is 2.62. The Morgan fingerprint density at radius 1 is 1.33 bits per heavy atom. The number of aryl methyl sites for hydroxylation is 2. The van der Waals surface area contributed by atoms with Gasteiger partial charge in [-0.05, 0) is 54.0 Å². The Morgan fingerprint density at radius 3 is 2.61 bits per heavy atom. The predicted octanol–water partition coefficient (Wildman–Crippen LogP) is 4.05. The standard InChI is InChI=1S/C13H11BrFNO2/c1-7-5-10(8(2)18-7)13(17)16-9-3-4-11(14)12(15)6-9/h3-6H,1-2H3,(H,16,17). The third-order valence-electron chi connectivity index (χ3n) is 2.46. The fourth-order valence-electron chi connectivity index (χ4n) is 1.63. The summed E-state index contributed by atoms with van der Waals surface area (Å²) in [5.74, 6) is 0.473. The quantitative estimate of drug-likeness (QED) is 0.909. The van der Waals surface area contributed by atoms with E-state index in [4.69, 9.17) is 4.42 Å². The Bertz CT molecular complexity index is 607. The van der Waals surface area contributed by atoms with Gasteiger partial charge in [0.05, 0.1) is 10.0 Å². The molecule has 0 fully saturated rings. The fourth-order valence-corrected chi connectivity index (χ4v) is 1.88. The van der Waals surface area contributed by atoms with Crippen LogP contribution in [-0.2, 0) is 0 Å². The first-order valence-corrected chi connectivity index (χ1v) is 6.10. The number of furan rings is 1. The minimum absolute atomic E-state index is 0.314. The molecule has 1 N–H and O–H groups in total. The van der Waals surface area contributed by atoms with E-state index in [9.17, 15) is 9.18 Å². The van der Waals surface area contributed by atoms with Crippen molar-refractivity contribution >= 4 is 27.5 Å². The summed E-state index contributed by atoms with van der Waals surface area (Å²) in [7, 11) is 0. The van der Waals surface area contributed by atoms with Crippen LogP contribution < -0.4 is 5.32 Å². The number of benzene rings is 1. The van der Waals surface area contributed by atoms with Crippen molar-refractivity contribution in [2.75, 3.05) is 5.32 Å². The molecule has 0 bridgehead atoms. The van der Waals surface area contributed by atoms with Crippen LogP contribution in [0, 0.1) is 19.7 Å². The number of anilines is 1. The van der Waals surface area contributed by atoms with Crippen LogP contribution in [0.5, 0.6) is 0 Å². The zero-order valence-corrected chi connectivity index (χ0v) is 11.5. The lowest BCUT2D eigenvalue weighted by Crippen LogP contribution is -2.12. The fraction of sp³-hybridized carbons (Fsp3) is 0.154. The minimum Gasteiger partial charge on any atom is -0.466 e. The minimum atomic E-state index is -0.423. The maximum atomic E-state index is 13.3. The molecule has 1 aromatic heterocycles. The summed E-state index contributed by atoms with van der Waals surface area (Å²) in [6.45, 7) is 3.48. The third-order valence-corrected chi connectivity index (χ3v) is 3.11. The normalized spacial score (nSPS) is 10.4. The summed E-state index contributed by atoms with van der Waals surface area (Å²) in [6.07, 6.45) is 0. The summed E-state index contributed by atoms with van der Waals surface area (Å²) >= 11 is 3.05. The molecule has 2 rings (SSSR count). The predicted molar refractivity (Wildman–Crippen MR) is 70.2 cm³/mol. The molecule has 1 amide bonds. The maximum Gasteiger partial charge on any atom is 0.259 e. The summed E-state index contributed by atoms with van der Waals surface area (Å²) < 4.78 is 18.9. The van der Waals surface area contributed by atoms with Crippen molar-refractivity contribution in [2.45, 2.75) is 13.8 Å². The highest BCUT2D eigenvalue weighted by molar-refractivity contribution is 9.10. The Morgan fingerprint density at radius 2 is 2.06 bits per heavy atom. The Hall–Kier alpha value is -1.62. The van der Waals surface area contributed by atoms with E-state index in [0.29, 0.717) is 27.2 Å². The number of hydrogen-bond donors (Lipinski definition) is 1. The smallest absolute Gasteiger partial charge is 0.259 e. The summed E-state index contributed by atoms with van der Waals surface area (Å²) in [5.41, 5.74) is 0.856. The monoisotopic (exact) mass is 311 g/mol. The van der Waals surface area contributed by atoms with Gasteiger partial charge < -0.3 is 9.73 Å². The second kappa shape index (κ2) is 4.94. The maximum absolute atomic E-state index is 13.3. The van der Waals surface area contributed by atoms with E-state index in [1.54, 1.807) is 32.0 Å². The third kappa shape index (κ3) is 2.61. The zero-order valence-electron chi connectivity index (χ0n) is 9.88. The Kier molecular flexibility index (Phi) is 3.52. The van der Waals surface area contributed by atoms with Gasteiger partial charge in [-0.25, -0.2) is 4.39 Å². The highest BCUT2D eigenvalue weighted by Crippen LogP contribution is 2.21. The highest BCUT2D eigenvalue weighted by Gasteiger charge is 2.14. The van der Waals surface area contributed by atoms with Crippen LogP contribution >= 0.6 is 15.9 Å². The Balaban J connectivity index is 2.21. The lowest BCUT2D eigenvalue weighted by Gasteiger charge is -2.05. The van der Waals surface area contributed by atoms with Crippen LogP contribution in [0.2, 0.25) is 0 Å². The molecule has 5 heteroatoms. The number of hydrogen-bond acceptors (Lipinski definition) is 2. The molecular formula is C13H11BrFNO2. The number of nitrogens with one attached hydrogen (secondary N) is 1.